The molecule has 0 bridgehead atoms. The molecular formula is C16H15N3O2. The molecule has 5 nitrogen and oxygen atoms in total. The molecule has 0 saturated carbocycles. The Bertz CT molecular complexity index is 718. The van der Waals surface area contributed by atoms with Gasteiger partial charge in [-0.05, 0) is 24.1 Å². The molecule has 2 aromatic rings. The maximum absolute atomic E-state index is 12.2. The van der Waals surface area contributed by atoms with E-state index in [1.54, 1.807) is 6.26 Å². The Hall–Kier alpha value is -2.79. The number of aryl methyl sites for hydroxylation is 1. The Kier molecular flexibility index (Phi) is 4.58. The van der Waals surface area contributed by atoms with Crippen LogP contribution < -0.4 is 0 Å². The maximum atomic E-state index is 12.2. The third-order valence-corrected chi connectivity index (χ3v) is 3.34. The van der Waals surface area contributed by atoms with E-state index in [1.165, 1.54) is 10.5 Å². The summed E-state index contributed by atoms with van der Waals surface area (Å²) in [6.45, 7) is 1.90. The van der Waals surface area contributed by atoms with E-state index in [9.17, 15) is 4.79 Å². The summed E-state index contributed by atoms with van der Waals surface area (Å²) in [4.78, 5) is 13.4. The minimum Gasteiger partial charge on any atom is -0.464 e. The normalized spacial score (nSPS) is 10.0. The SMILES string of the molecule is CCc1ccc2occ(CC(=O)N(CC#N)CC#N)c2c1. The van der Waals surface area contributed by atoms with Crippen LogP contribution in [0, 0.1) is 22.7 Å². The average Bonchev–Trinajstić information content (AvgIpc) is 2.89. The van der Waals surface area contributed by atoms with E-state index in [0.29, 0.717) is 0 Å². The molecule has 1 aromatic heterocycles. The Balaban J connectivity index is 2.25. The highest BCUT2D eigenvalue weighted by Gasteiger charge is 2.16. The number of hydrogen-bond acceptors (Lipinski definition) is 4. The summed E-state index contributed by atoms with van der Waals surface area (Å²) in [5.74, 6) is -0.247. The Morgan fingerprint density at radius 3 is 2.62 bits per heavy atom. The first-order chi connectivity index (χ1) is 10.2. The van der Waals surface area contributed by atoms with Gasteiger partial charge >= 0.3 is 0 Å². The lowest BCUT2D eigenvalue weighted by molar-refractivity contribution is -0.129. The molecule has 0 spiro atoms. The minimum absolute atomic E-state index is 0.0810. The molecule has 1 heterocycles. The fraction of sp³-hybridized carbons (Fsp3) is 0.312. The van der Waals surface area contributed by atoms with E-state index in [4.69, 9.17) is 14.9 Å². The number of fused-ring (bicyclic) bond motifs is 1. The van der Waals surface area contributed by atoms with E-state index in [1.807, 2.05) is 30.3 Å². The molecule has 106 valence electrons. The van der Waals surface area contributed by atoms with Gasteiger partial charge in [-0.2, -0.15) is 10.5 Å². The van der Waals surface area contributed by atoms with Crippen LogP contribution in [0.15, 0.2) is 28.9 Å². The number of rotatable bonds is 5. The van der Waals surface area contributed by atoms with Crippen LogP contribution in [0.5, 0.6) is 0 Å². The van der Waals surface area contributed by atoms with E-state index < -0.39 is 0 Å². The highest BCUT2D eigenvalue weighted by molar-refractivity contribution is 5.88. The zero-order valence-electron chi connectivity index (χ0n) is 11.8. The Labute approximate surface area is 123 Å². The summed E-state index contributed by atoms with van der Waals surface area (Å²) in [5.41, 5.74) is 2.69. The molecule has 21 heavy (non-hydrogen) atoms. The number of nitriles is 2. The first-order valence-corrected chi connectivity index (χ1v) is 6.70. The summed E-state index contributed by atoms with van der Waals surface area (Å²) in [5, 5.41) is 18.3. The monoisotopic (exact) mass is 281 g/mol. The van der Waals surface area contributed by atoms with Gasteiger partial charge in [0.25, 0.3) is 0 Å². The van der Waals surface area contributed by atoms with Crippen LogP contribution in [0.4, 0.5) is 0 Å². The first-order valence-electron chi connectivity index (χ1n) is 6.70. The number of hydrogen-bond donors (Lipinski definition) is 0. The van der Waals surface area contributed by atoms with Crippen LogP contribution in [-0.4, -0.2) is 23.9 Å². The van der Waals surface area contributed by atoms with Crippen molar-refractivity contribution in [3.05, 3.63) is 35.6 Å². The van der Waals surface area contributed by atoms with Crippen LogP contribution in [0.1, 0.15) is 18.1 Å². The first kappa shape index (κ1) is 14.6. The van der Waals surface area contributed by atoms with Gasteiger partial charge in [0, 0.05) is 10.9 Å². The van der Waals surface area contributed by atoms with Crippen molar-refractivity contribution in [1.82, 2.24) is 4.90 Å². The molecule has 0 radical (unpaired) electrons. The zero-order chi connectivity index (χ0) is 15.2. The fourth-order valence-corrected chi connectivity index (χ4v) is 2.16. The highest BCUT2D eigenvalue weighted by Crippen LogP contribution is 2.23. The molecule has 0 aliphatic rings. The van der Waals surface area contributed by atoms with Crippen molar-refractivity contribution in [2.75, 3.05) is 13.1 Å². The van der Waals surface area contributed by atoms with Crippen molar-refractivity contribution in [2.45, 2.75) is 19.8 Å². The number of carbonyl (C=O) groups is 1. The second kappa shape index (κ2) is 6.58. The predicted octanol–water partition coefficient (Wildman–Crippen LogP) is 2.41. The van der Waals surface area contributed by atoms with Crippen LogP contribution in [0.25, 0.3) is 11.0 Å². The number of carbonyl (C=O) groups excluding carboxylic acids is 1. The lowest BCUT2D eigenvalue weighted by Crippen LogP contribution is -2.32. The molecule has 2 rings (SSSR count). The smallest absolute Gasteiger partial charge is 0.228 e. The van der Waals surface area contributed by atoms with Gasteiger partial charge in [-0.3, -0.25) is 4.79 Å². The molecule has 0 atom stereocenters. The van der Waals surface area contributed by atoms with Gasteiger partial charge in [-0.15, -0.1) is 0 Å². The molecule has 1 aromatic carbocycles. The van der Waals surface area contributed by atoms with Crippen molar-refractivity contribution in [3.63, 3.8) is 0 Å². The van der Waals surface area contributed by atoms with Crippen molar-refractivity contribution >= 4 is 16.9 Å². The molecule has 0 N–H and O–H groups in total. The van der Waals surface area contributed by atoms with Gasteiger partial charge in [0.15, 0.2) is 0 Å². The topological polar surface area (TPSA) is 81.0 Å². The summed E-state index contributed by atoms with van der Waals surface area (Å²) in [6, 6.07) is 9.70. The van der Waals surface area contributed by atoms with Gasteiger partial charge in [-0.1, -0.05) is 13.0 Å². The summed E-state index contributed by atoms with van der Waals surface area (Å²) in [7, 11) is 0. The van der Waals surface area contributed by atoms with Gasteiger partial charge < -0.3 is 9.32 Å². The fourth-order valence-electron chi connectivity index (χ4n) is 2.16. The van der Waals surface area contributed by atoms with Gasteiger partial charge in [0.1, 0.15) is 18.7 Å². The number of nitrogens with zero attached hydrogens (tertiary/aromatic N) is 3. The van der Waals surface area contributed by atoms with Crippen LogP contribution in [0.2, 0.25) is 0 Å². The van der Waals surface area contributed by atoms with E-state index in [-0.39, 0.29) is 25.4 Å². The summed E-state index contributed by atoms with van der Waals surface area (Å²) >= 11 is 0. The molecule has 0 fully saturated rings. The lowest BCUT2D eigenvalue weighted by Gasteiger charge is -2.15. The van der Waals surface area contributed by atoms with Gasteiger partial charge in [0.2, 0.25) is 5.91 Å². The largest absolute Gasteiger partial charge is 0.464 e. The highest BCUT2D eigenvalue weighted by atomic mass is 16.3. The second-order valence-electron chi connectivity index (χ2n) is 4.69. The zero-order valence-corrected chi connectivity index (χ0v) is 11.8. The Morgan fingerprint density at radius 1 is 1.29 bits per heavy atom. The van der Waals surface area contributed by atoms with Gasteiger partial charge in [-0.25, -0.2) is 0 Å². The van der Waals surface area contributed by atoms with Crippen molar-refractivity contribution in [1.29, 1.82) is 10.5 Å². The molecule has 0 aliphatic heterocycles. The molecular weight excluding hydrogens is 266 g/mol. The molecule has 0 unspecified atom stereocenters. The second-order valence-corrected chi connectivity index (χ2v) is 4.69. The van der Waals surface area contributed by atoms with E-state index in [0.717, 1.165) is 23.0 Å². The van der Waals surface area contributed by atoms with Crippen molar-refractivity contribution in [3.8, 4) is 12.1 Å². The average molecular weight is 281 g/mol. The number of benzene rings is 1. The third-order valence-electron chi connectivity index (χ3n) is 3.34. The van der Waals surface area contributed by atoms with Crippen molar-refractivity contribution in [2.24, 2.45) is 0 Å². The third kappa shape index (κ3) is 3.21. The lowest BCUT2D eigenvalue weighted by atomic mass is 10.1. The van der Waals surface area contributed by atoms with E-state index in [2.05, 4.69) is 6.92 Å². The van der Waals surface area contributed by atoms with Crippen LogP contribution in [0.3, 0.4) is 0 Å². The summed E-state index contributed by atoms with van der Waals surface area (Å²) < 4.78 is 5.45. The van der Waals surface area contributed by atoms with Gasteiger partial charge in [0.05, 0.1) is 24.8 Å². The molecule has 1 amide bonds. The molecule has 0 saturated heterocycles. The Morgan fingerprint density at radius 2 is 2.00 bits per heavy atom. The maximum Gasteiger partial charge on any atom is 0.228 e. The van der Waals surface area contributed by atoms with Crippen LogP contribution >= 0.6 is 0 Å². The molecule has 5 heteroatoms. The quantitative estimate of drug-likeness (QED) is 0.788. The standard InChI is InChI=1S/C16H15N3O2/c1-2-12-3-4-15-14(9-12)13(11-21-15)10-16(20)19(7-5-17)8-6-18/h3-4,9,11H,2,7-8,10H2,1H3. The van der Waals surface area contributed by atoms with E-state index >= 15 is 0 Å². The number of amides is 1. The van der Waals surface area contributed by atoms with Crippen LogP contribution in [-0.2, 0) is 17.6 Å². The summed E-state index contributed by atoms with van der Waals surface area (Å²) in [6.07, 6.45) is 2.60. The van der Waals surface area contributed by atoms with Crippen molar-refractivity contribution < 1.29 is 9.21 Å². The predicted molar refractivity (Wildman–Crippen MR) is 77.1 cm³/mol. The molecule has 0 aliphatic carbocycles. The minimum atomic E-state index is -0.247. The number of furan rings is 1.